The molecule has 2 unspecified atom stereocenters. The molecule has 0 aliphatic rings. The van der Waals surface area contributed by atoms with Gasteiger partial charge in [-0.2, -0.15) is 0 Å². The van der Waals surface area contributed by atoms with Crippen molar-refractivity contribution in [2.75, 3.05) is 47.5 Å². The minimum atomic E-state index is -1.64. The average Bonchev–Trinajstić information content (AvgIpc) is 3.46. The normalized spacial score (nSPS) is 13.6. The fourth-order valence-corrected chi connectivity index (χ4v) is 8.79. The number of rotatable bonds is 60. The number of carbonyl (C=O) groups excluding carboxylic acids is 3. The summed E-state index contributed by atoms with van der Waals surface area (Å²) in [7, 11) is 5.91. The summed E-state index contributed by atoms with van der Waals surface area (Å²) in [4.78, 5) is 37.4. The van der Waals surface area contributed by atoms with Crippen molar-refractivity contribution >= 4 is 17.9 Å². The summed E-state index contributed by atoms with van der Waals surface area (Å²) in [5, 5.41) is 11.8. The van der Waals surface area contributed by atoms with Crippen molar-refractivity contribution in [2.45, 2.75) is 270 Å². The van der Waals surface area contributed by atoms with Gasteiger partial charge in [-0.15, -0.1) is 0 Å². The van der Waals surface area contributed by atoms with E-state index in [9.17, 15) is 19.5 Å². The van der Waals surface area contributed by atoms with E-state index in [1.54, 1.807) is 0 Å². The molecule has 0 aromatic rings. The summed E-state index contributed by atoms with van der Waals surface area (Å²) in [6.07, 6.45) is 88.0. The molecule has 83 heavy (non-hydrogen) atoms. The summed E-state index contributed by atoms with van der Waals surface area (Å²) in [6.45, 7) is 4.59. The van der Waals surface area contributed by atoms with Crippen LogP contribution in [-0.4, -0.2) is 82.3 Å². The number of hydrogen-bond donors (Lipinski definition) is 0. The van der Waals surface area contributed by atoms with E-state index in [0.29, 0.717) is 17.4 Å². The summed E-state index contributed by atoms with van der Waals surface area (Å²) >= 11 is 0. The molecular weight excluding hydrogens is 1030 g/mol. The molecule has 0 N–H and O–H groups in total. The molecule has 0 amide bonds. The van der Waals surface area contributed by atoms with Gasteiger partial charge in [0.05, 0.1) is 40.3 Å². The number of ether oxygens (including phenoxy) is 4. The molecule has 0 spiro atoms. The highest BCUT2D eigenvalue weighted by Gasteiger charge is 2.22. The van der Waals surface area contributed by atoms with E-state index in [2.05, 4.69) is 148 Å². The second-order valence-corrected chi connectivity index (χ2v) is 23.0. The minimum absolute atomic E-state index is 0.135. The molecular formula is C74H123NO8. The summed E-state index contributed by atoms with van der Waals surface area (Å²) in [5.74, 6) is -2.33. The lowest BCUT2D eigenvalue weighted by Crippen LogP contribution is -2.44. The third-order valence-electron chi connectivity index (χ3n) is 13.9. The predicted octanol–water partition coefficient (Wildman–Crippen LogP) is 19.2. The predicted molar refractivity (Wildman–Crippen MR) is 352 cm³/mol. The van der Waals surface area contributed by atoms with Crippen molar-refractivity contribution in [2.24, 2.45) is 0 Å². The molecule has 0 saturated carbocycles. The van der Waals surface area contributed by atoms with E-state index < -0.39 is 24.3 Å². The van der Waals surface area contributed by atoms with Crippen LogP contribution < -0.4 is 5.11 Å². The molecule has 9 nitrogen and oxygen atoms in total. The van der Waals surface area contributed by atoms with Gasteiger partial charge in [-0.25, -0.2) is 0 Å². The van der Waals surface area contributed by atoms with Gasteiger partial charge in [-0.3, -0.25) is 9.59 Å². The van der Waals surface area contributed by atoms with Crippen LogP contribution in [0.1, 0.15) is 258 Å². The molecule has 0 radical (unpaired) electrons. The van der Waals surface area contributed by atoms with E-state index in [4.69, 9.17) is 18.9 Å². The van der Waals surface area contributed by atoms with Crippen molar-refractivity contribution < 1.29 is 42.9 Å². The zero-order valence-corrected chi connectivity index (χ0v) is 53.8. The molecule has 0 aliphatic carbocycles. The minimum Gasteiger partial charge on any atom is -0.545 e. The van der Waals surface area contributed by atoms with Gasteiger partial charge in [0.1, 0.15) is 13.2 Å². The quantitative estimate of drug-likeness (QED) is 0.0195. The highest BCUT2D eigenvalue weighted by molar-refractivity contribution is 5.70. The van der Waals surface area contributed by atoms with Crippen LogP contribution in [-0.2, 0) is 33.3 Å². The number of quaternary nitrogens is 1. The number of carboxylic acids is 1. The Labute approximate surface area is 509 Å². The number of allylic oxidation sites excluding steroid dienone is 22. The number of esters is 2. The Hall–Kier alpha value is -4.57. The van der Waals surface area contributed by atoms with Gasteiger partial charge in [-0.1, -0.05) is 263 Å². The maximum atomic E-state index is 12.9. The number of carbonyl (C=O) groups is 3. The third kappa shape index (κ3) is 64.8. The smallest absolute Gasteiger partial charge is 0.306 e. The highest BCUT2D eigenvalue weighted by atomic mass is 16.7. The topological polar surface area (TPSA) is 111 Å². The molecule has 0 aromatic heterocycles. The summed E-state index contributed by atoms with van der Waals surface area (Å²) < 4.78 is 22.7. The Kier molecular flexibility index (Phi) is 60.0. The lowest BCUT2D eigenvalue weighted by molar-refractivity contribution is -0.870. The molecule has 0 aromatic carbocycles. The molecule has 0 rings (SSSR count). The Balaban J connectivity index is 4.25. The fraction of sp³-hybridized carbons (Fsp3) is 0.662. The van der Waals surface area contributed by atoms with Crippen molar-refractivity contribution in [3.63, 3.8) is 0 Å². The van der Waals surface area contributed by atoms with Crippen molar-refractivity contribution in [3.8, 4) is 0 Å². The van der Waals surface area contributed by atoms with Crippen LogP contribution in [0.3, 0.4) is 0 Å². The zero-order valence-electron chi connectivity index (χ0n) is 53.8. The van der Waals surface area contributed by atoms with Crippen LogP contribution in [0.4, 0.5) is 0 Å². The first kappa shape index (κ1) is 78.4. The number of nitrogens with zero attached hydrogens (tertiary/aromatic N) is 1. The van der Waals surface area contributed by atoms with E-state index in [-0.39, 0.29) is 38.6 Å². The summed E-state index contributed by atoms with van der Waals surface area (Å²) in [6, 6.07) is 0. The largest absolute Gasteiger partial charge is 0.545 e. The van der Waals surface area contributed by atoms with E-state index in [1.807, 2.05) is 21.1 Å². The number of unbranched alkanes of at least 4 members (excludes halogenated alkanes) is 23. The Bertz CT molecular complexity index is 1820. The van der Waals surface area contributed by atoms with Crippen LogP contribution in [0, 0.1) is 0 Å². The van der Waals surface area contributed by atoms with Crippen LogP contribution in [0.2, 0.25) is 0 Å². The second-order valence-electron chi connectivity index (χ2n) is 23.0. The standard InChI is InChI=1S/C74H123NO8/c1-6-8-10-12-14-16-18-20-22-24-26-28-30-32-34-36-38-40-42-44-46-48-50-52-54-56-58-60-62-64-71(76)81-68-70(69-82-74(73(78)79)80-67-66-75(3,4)5)83-72(77)65-63-61-59-57-55-53-51-49-47-45-43-41-39-37-35-33-31-29-27-25-23-21-19-17-15-13-11-9-7-2/h9,11,15,17-18,20-21,23-24,26-27,29-30,32-33,35,39,41,45,47,51,53,70,74H,6-8,10,12-14,16,19,22,25,28,31,34,36-38,40,42-44,46,48-50,52,54-69H2,1-5H3/b11-9-,17-15-,20-18-,23-21-,26-24-,29-27-,32-30-,35-33-,41-39-,47-45-,53-51-. The maximum absolute atomic E-state index is 12.9. The average molecular weight is 1150 g/mol. The third-order valence-corrected chi connectivity index (χ3v) is 13.9. The van der Waals surface area contributed by atoms with Gasteiger partial charge in [0, 0.05) is 12.8 Å². The van der Waals surface area contributed by atoms with E-state index >= 15 is 0 Å². The van der Waals surface area contributed by atoms with Crippen molar-refractivity contribution in [3.05, 3.63) is 134 Å². The van der Waals surface area contributed by atoms with Gasteiger partial charge >= 0.3 is 11.9 Å². The Morgan fingerprint density at radius 2 is 0.687 bits per heavy atom. The zero-order chi connectivity index (χ0) is 60.5. The van der Waals surface area contributed by atoms with Gasteiger partial charge in [-0.05, 0) is 116 Å². The van der Waals surface area contributed by atoms with Gasteiger partial charge < -0.3 is 33.3 Å². The van der Waals surface area contributed by atoms with Crippen molar-refractivity contribution in [1.82, 2.24) is 0 Å². The van der Waals surface area contributed by atoms with Crippen LogP contribution in [0.5, 0.6) is 0 Å². The number of likely N-dealkylation sites (N-methyl/N-ethyl adjacent to an activating group) is 1. The van der Waals surface area contributed by atoms with Crippen LogP contribution in [0.15, 0.2) is 134 Å². The molecule has 0 bridgehead atoms. The first-order valence-corrected chi connectivity index (χ1v) is 33.3. The molecule has 2 atom stereocenters. The molecule has 9 heteroatoms. The van der Waals surface area contributed by atoms with Crippen LogP contribution in [0.25, 0.3) is 0 Å². The second kappa shape index (κ2) is 63.5. The Morgan fingerprint density at radius 3 is 1.02 bits per heavy atom. The Morgan fingerprint density at radius 1 is 0.373 bits per heavy atom. The van der Waals surface area contributed by atoms with Crippen molar-refractivity contribution in [1.29, 1.82) is 0 Å². The van der Waals surface area contributed by atoms with Gasteiger partial charge in [0.25, 0.3) is 0 Å². The first-order valence-electron chi connectivity index (χ1n) is 33.3. The van der Waals surface area contributed by atoms with Crippen LogP contribution >= 0.6 is 0 Å². The monoisotopic (exact) mass is 1150 g/mol. The van der Waals surface area contributed by atoms with Gasteiger partial charge in [0.2, 0.25) is 0 Å². The maximum Gasteiger partial charge on any atom is 0.306 e. The number of hydrogen-bond acceptors (Lipinski definition) is 8. The lowest BCUT2D eigenvalue weighted by atomic mass is 10.0. The van der Waals surface area contributed by atoms with Gasteiger partial charge in [0.15, 0.2) is 12.4 Å². The number of aliphatic carboxylic acids is 1. The molecule has 472 valence electrons. The fourth-order valence-electron chi connectivity index (χ4n) is 8.79. The highest BCUT2D eigenvalue weighted by Crippen LogP contribution is 2.16. The summed E-state index contributed by atoms with van der Waals surface area (Å²) in [5.41, 5.74) is 0. The molecule has 0 saturated heterocycles. The molecule has 0 fully saturated rings. The van der Waals surface area contributed by atoms with E-state index in [0.717, 1.165) is 109 Å². The first-order chi connectivity index (χ1) is 40.6. The number of carboxylic acid groups (broad SMARTS) is 1. The lowest BCUT2D eigenvalue weighted by Gasteiger charge is -2.26. The van der Waals surface area contributed by atoms with E-state index in [1.165, 1.54) is 116 Å². The molecule has 0 heterocycles. The SMILES string of the molecule is CC/C=C\C/C=C\C/C=C\C/C=C\C/C=C\C/C=C\C/C=C\C/C=C\CCCCCCC(=O)OC(COC(=O)CCCCCCCCCCCCCCCC/C=C\C/C=C\C/C=C\CCCCCCC)COC(OCC[N+](C)(C)C)C(=O)[O-]. The molecule has 0 aliphatic heterocycles.